The van der Waals surface area contributed by atoms with E-state index >= 15 is 0 Å². The van der Waals surface area contributed by atoms with Gasteiger partial charge in [-0.05, 0) is 94.8 Å². The molecule has 33 heavy (non-hydrogen) atoms. The normalized spacial score (nSPS) is 16.7. The monoisotopic (exact) mass is 439 g/mol. The number of hydrogen-bond acceptors (Lipinski definition) is 2. The van der Waals surface area contributed by atoms with E-state index < -0.39 is 0 Å². The minimum atomic E-state index is -0.174. The predicted octanol–water partition coefficient (Wildman–Crippen LogP) is 7.55. The number of benzene rings is 3. The molecule has 1 amide bonds. The van der Waals surface area contributed by atoms with Crippen molar-refractivity contribution < 1.29 is 9.90 Å². The number of nitrogens with one attached hydrogen (secondary N) is 1. The number of fused-ring (bicyclic) bond motifs is 1. The third-order valence-electron chi connectivity index (χ3n) is 6.99. The van der Waals surface area contributed by atoms with Crippen molar-refractivity contribution in [1.82, 2.24) is 0 Å². The highest BCUT2D eigenvalue weighted by atomic mass is 16.3. The molecule has 0 spiro atoms. The molecular formula is C30H33NO2. The summed E-state index contributed by atoms with van der Waals surface area (Å²) in [7, 11) is 0. The molecule has 0 radical (unpaired) electrons. The minimum Gasteiger partial charge on any atom is -0.508 e. The first-order valence-electron chi connectivity index (χ1n) is 11.6. The molecule has 1 aliphatic carbocycles. The molecule has 3 heteroatoms. The molecule has 0 bridgehead atoms. The number of aromatic hydroxyl groups is 1. The topological polar surface area (TPSA) is 49.3 Å². The van der Waals surface area contributed by atoms with Crippen molar-refractivity contribution in [1.29, 1.82) is 0 Å². The number of amides is 1. The largest absolute Gasteiger partial charge is 0.508 e. The molecule has 0 fully saturated rings. The summed E-state index contributed by atoms with van der Waals surface area (Å²) in [4.78, 5) is 12.5. The van der Waals surface area contributed by atoms with Gasteiger partial charge < -0.3 is 10.4 Å². The highest BCUT2D eigenvalue weighted by Crippen LogP contribution is 2.46. The molecular weight excluding hydrogens is 406 g/mol. The van der Waals surface area contributed by atoms with Crippen molar-refractivity contribution in [3.8, 4) is 5.75 Å². The lowest BCUT2D eigenvalue weighted by molar-refractivity contribution is 0.102. The maximum absolute atomic E-state index is 12.5. The number of hydrogen-bond donors (Lipinski definition) is 2. The van der Waals surface area contributed by atoms with E-state index in [1.54, 1.807) is 24.3 Å². The van der Waals surface area contributed by atoms with E-state index in [2.05, 4.69) is 64.2 Å². The van der Waals surface area contributed by atoms with Crippen LogP contribution in [0, 0.1) is 0 Å². The first-order valence-corrected chi connectivity index (χ1v) is 11.6. The van der Waals surface area contributed by atoms with Crippen molar-refractivity contribution >= 4 is 23.2 Å². The summed E-state index contributed by atoms with van der Waals surface area (Å²) in [6.07, 6.45) is 4.59. The standard InChI is InChI=1S/C30H33NO2/c1-20(23-10-15-26-27(19-23)30(4,5)17-16-29(26,2)3)18-21-6-8-22(9-7-21)28(33)31-24-11-13-25(32)14-12-24/h6-15,18-19,32H,16-17H2,1-5H3,(H,31,33). The summed E-state index contributed by atoms with van der Waals surface area (Å²) in [6, 6.07) is 21.0. The van der Waals surface area contributed by atoms with Crippen LogP contribution in [0.15, 0.2) is 66.7 Å². The zero-order valence-corrected chi connectivity index (χ0v) is 20.2. The summed E-state index contributed by atoms with van der Waals surface area (Å²) in [5, 5.41) is 12.2. The second-order valence-corrected chi connectivity index (χ2v) is 10.5. The Morgan fingerprint density at radius 2 is 1.39 bits per heavy atom. The Kier molecular flexibility index (Phi) is 5.92. The van der Waals surface area contributed by atoms with Crippen molar-refractivity contribution in [2.45, 2.75) is 58.3 Å². The molecule has 0 saturated carbocycles. The molecule has 3 nitrogen and oxygen atoms in total. The molecule has 4 rings (SSSR count). The quantitative estimate of drug-likeness (QED) is 0.326. The Labute approximate surface area is 197 Å². The van der Waals surface area contributed by atoms with E-state index in [-0.39, 0.29) is 22.5 Å². The van der Waals surface area contributed by atoms with Gasteiger partial charge >= 0.3 is 0 Å². The lowest BCUT2D eigenvalue weighted by Gasteiger charge is -2.42. The lowest BCUT2D eigenvalue weighted by atomic mass is 9.63. The maximum Gasteiger partial charge on any atom is 0.255 e. The van der Waals surface area contributed by atoms with Crippen molar-refractivity contribution in [2.24, 2.45) is 0 Å². The van der Waals surface area contributed by atoms with E-state index in [0.29, 0.717) is 11.3 Å². The van der Waals surface area contributed by atoms with Crippen molar-refractivity contribution in [3.05, 3.63) is 94.5 Å². The zero-order chi connectivity index (χ0) is 23.8. The number of allylic oxidation sites excluding steroid dienone is 1. The molecule has 0 aromatic heterocycles. The van der Waals surface area contributed by atoms with Gasteiger partial charge in [0, 0.05) is 11.3 Å². The van der Waals surface area contributed by atoms with E-state index in [0.717, 1.165) is 5.56 Å². The third kappa shape index (κ3) is 4.88. The number of carbonyl (C=O) groups excluding carboxylic acids is 1. The van der Waals surface area contributed by atoms with Gasteiger partial charge in [0.1, 0.15) is 5.75 Å². The molecule has 0 saturated heterocycles. The Morgan fingerprint density at radius 3 is 2.03 bits per heavy atom. The zero-order valence-electron chi connectivity index (χ0n) is 20.2. The molecule has 3 aromatic rings. The molecule has 0 atom stereocenters. The summed E-state index contributed by atoms with van der Waals surface area (Å²) in [6.45, 7) is 11.6. The maximum atomic E-state index is 12.5. The fourth-order valence-electron chi connectivity index (χ4n) is 4.65. The van der Waals surface area contributed by atoms with Gasteiger partial charge in [-0.2, -0.15) is 0 Å². The summed E-state index contributed by atoms with van der Waals surface area (Å²) in [5.74, 6) is -0.00168. The summed E-state index contributed by atoms with van der Waals surface area (Å²) < 4.78 is 0. The van der Waals surface area contributed by atoms with Crippen molar-refractivity contribution in [2.75, 3.05) is 5.32 Å². The van der Waals surface area contributed by atoms with E-state index in [9.17, 15) is 9.90 Å². The first kappa shape index (κ1) is 22.8. The third-order valence-corrected chi connectivity index (χ3v) is 6.99. The SMILES string of the molecule is CC(=Cc1ccc(C(=O)Nc2ccc(O)cc2)cc1)c1ccc2c(c1)C(C)(C)CCC2(C)C. The van der Waals surface area contributed by atoms with Gasteiger partial charge in [-0.3, -0.25) is 4.79 Å². The highest BCUT2D eigenvalue weighted by molar-refractivity contribution is 6.04. The van der Waals surface area contributed by atoms with Crippen LogP contribution in [0.1, 0.15) is 80.1 Å². The fraction of sp³-hybridized carbons (Fsp3) is 0.300. The van der Waals surface area contributed by atoms with Gasteiger partial charge in [-0.1, -0.05) is 64.1 Å². The van der Waals surface area contributed by atoms with Gasteiger partial charge in [0.05, 0.1) is 0 Å². The van der Waals surface area contributed by atoms with Crippen LogP contribution in [-0.4, -0.2) is 11.0 Å². The number of phenolic OH excluding ortho intramolecular Hbond substituents is 1. The second kappa shape index (κ2) is 8.55. The van der Waals surface area contributed by atoms with E-state index in [1.165, 1.54) is 35.1 Å². The average Bonchev–Trinajstić information content (AvgIpc) is 2.79. The smallest absolute Gasteiger partial charge is 0.255 e. The van der Waals surface area contributed by atoms with Crippen LogP contribution >= 0.6 is 0 Å². The van der Waals surface area contributed by atoms with Gasteiger partial charge in [0.2, 0.25) is 0 Å². The molecule has 0 unspecified atom stereocenters. The Morgan fingerprint density at radius 1 is 0.818 bits per heavy atom. The lowest BCUT2D eigenvalue weighted by Crippen LogP contribution is -2.33. The fourth-order valence-corrected chi connectivity index (χ4v) is 4.65. The molecule has 170 valence electrons. The second-order valence-electron chi connectivity index (χ2n) is 10.5. The number of anilines is 1. The Hall–Kier alpha value is -3.33. The van der Waals surface area contributed by atoms with Crippen LogP contribution in [-0.2, 0) is 10.8 Å². The van der Waals surface area contributed by atoms with E-state index in [4.69, 9.17) is 0 Å². The van der Waals surface area contributed by atoms with Crippen LogP contribution in [0.25, 0.3) is 11.6 Å². The number of rotatable bonds is 4. The highest BCUT2D eigenvalue weighted by Gasteiger charge is 2.36. The summed E-state index contributed by atoms with van der Waals surface area (Å²) >= 11 is 0. The number of phenols is 1. The number of carbonyl (C=O) groups is 1. The van der Waals surface area contributed by atoms with Gasteiger partial charge in [-0.15, -0.1) is 0 Å². The van der Waals surface area contributed by atoms with Crippen LogP contribution in [0.3, 0.4) is 0 Å². The Balaban J connectivity index is 1.53. The van der Waals surface area contributed by atoms with E-state index in [1.807, 2.05) is 24.3 Å². The average molecular weight is 440 g/mol. The van der Waals surface area contributed by atoms with Gasteiger partial charge in [-0.25, -0.2) is 0 Å². The van der Waals surface area contributed by atoms with Crippen LogP contribution in [0.4, 0.5) is 5.69 Å². The Bertz CT molecular complexity index is 1200. The van der Waals surface area contributed by atoms with Crippen LogP contribution < -0.4 is 5.32 Å². The molecule has 2 N–H and O–H groups in total. The van der Waals surface area contributed by atoms with Gasteiger partial charge in [0.15, 0.2) is 0 Å². The van der Waals surface area contributed by atoms with Crippen LogP contribution in [0.5, 0.6) is 5.75 Å². The minimum absolute atomic E-state index is 0.172. The predicted molar refractivity (Wildman–Crippen MR) is 138 cm³/mol. The molecule has 0 heterocycles. The van der Waals surface area contributed by atoms with Gasteiger partial charge in [0.25, 0.3) is 5.91 Å². The summed E-state index contributed by atoms with van der Waals surface area (Å²) in [5.41, 5.74) is 8.10. The first-order chi connectivity index (χ1) is 15.5. The molecule has 1 aliphatic rings. The van der Waals surface area contributed by atoms with Crippen LogP contribution in [0.2, 0.25) is 0 Å². The molecule has 0 aliphatic heterocycles. The molecule has 3 aromatic carbocycles. The van der Waals surface area contributed by atoms with Crippen molar-refractivity contribution in [3.63, 3.8) is 0 Å².